The van der Waals surface area contributed by atoms with E-state index in [0.29, 0.717) is 44.7 Å². The van der Waals surface area contributed by atoms with Crippen LogP contribution in [0, 0.1) is 5.92 Å². The zero-order chi connectivity index (χ0) is 16.5. The molecule has 2 aliphatic heterocycles. The van der Waals surface area contributed by atoms with Crippen molar-refractivity contribution >= 4 is 29.3 Å². The molecule has 1 amide bonds. The summed E-state index contributed by atoms with van der Waals surface area (Å²) < 4.78 is 7.20. The summed E-state index contributed by atoms with van der Waals surface area (Å²) in [6, 6.07) is 0.170. The fraction of sp³-hybridized carbons (Fsp3) is 0.733. The number of amides is 1. The third kappa shape index (κ3) is 3.07. The zero-order valence-electron chi connectivity index (χ0n) is 13.8. The number of hydrogen-bond donors (Lipinski definition) is 1. The van der Waals surface area contributed by atoms with Crippen LogP contribution < -0.4 is 5.32 Å². The number of morpholine rings is 1. The fourth-order valence-electron chi connectivity index (χ4n) is 3.57. The van der Waals surface area contributed by atoms with Crippen LogP contribution >= 0.6 is 11.8 Å². The predicted octanol–water partition coefficient (Wildman–Crippen LogP) is 0.313. The molecule has 130 valence electrons. The van der Waals surface area contributed by atoms with Gasteiger partial charge in [0.15, 0.2) is 0 Å². The molecule has 0 bridgehead atoms. The number of fused-ring (bicyclic) bond motifs is 2. The molecular weight excluding hydrogens is 328 g/mol. The largest absolute Gasteiger partial charge is 0.378 e. The number of carbonyl (C=O) groups is 1. The predicted molar refractivity (Wildman–Crippen MR) is 90.8 cm³/mol. The Morgan fingerprint density at radius 1 is 1.38 bits per heavy atom. The second-order valence-electron chi connectivity index (χ2n) is 6.32. The highest BCUT2D eigenvalue weighted by Crippen LogP contribution is 2.32. The first-order chi connectivity index (χ1) is 11.7. The normalized spacial score (nSPS) is 26.0. The van der Waals surface area contributed by atoms with E-state index in [1.165, 1.54) is 11.8 Å². The Morgan fingerprint density at radius 2 is 2.21 bits per heavy atom. The maximum absolute atomic E-state index is 12.3. The molecule has 24 heavy (non-hydrogen) atoms. The highest BCUT2D eigenvalue weighted by Gasteiger charge is 2.36. The van der Waals surface area contributed by atoms with Gasteiger partial charge in [-0.2, -0.15) is 4.98 Å². The van der Waals surface area contributed by atoms with Crippen LogP contribution in [-0.4, -0.2) is 76.4 Å². The van der Waals surface area contributed by atoms with Crippen molar-refractivity contribution in [1.82, 2.24) is 25.0 Å². The third-order valence-electron chi connectivity index (χ3n) is 4.88. The van der Waals surface area contributed by atoms with Crippen LogP contribution in [0.1, 0.15) is 12.8 Å². The minimum atomic E-state index is 0.144. The van der Waals surface area contributed by atoms with Gasteiger partial charge in [-0.25, -0.2) is 9.67 Å². The summed E-state index contributed by atoms with van der Waals surface area (Å²) in [5.74, 6) is 1.25. The second kappa shape index (κ2) is 6.81. The summed E-state index contributed by atoms with van der Waals surface area (Å²) >= 11 is 1.53. The smallest absolute Gasteiger partial charge is 0.248 e. The molecule has 1 saturated carbocycles. The van der Waals surface area contributed by atoms with Crippen molar-refractivity contribution in [3.8, 4) is 0 Å². The molecule has 4 rings (SSSR count). The Hall–Kier alpha value is -1.45. The number of ether oxygens (including phenoxy) is 1. The molecule has 3 heterocycles. The van der Waals surface area contributed by atoms with E-state index in [-0.39, 0.29) is 11.9 Å². The molecule has 1 N–H and O–H groups in total. The van der Waals surface area contributed by atoms with Crippen LogP contribution in [0.4, 0.5) is 5.95 Å². The average Bonchev–Trinajstić information content (AvgIpc) is 3.21. The SMILES string of the molecule is CSc1nc2n(n1)CC1CCC(NCC(=O)N3CCOCC3)C1=N2. The lowest BCUT2D eigenvalue weighted by Gasteiger charge is -2.28. The molecule has 3 aliphatic rings. The number of nitrogens with one attached hydrogen (secondary N) is 1. The molecule has 2 atom stereocenters. The number of rotatable bonds is 4. The molecule has 2 fully saturated rings. The number of aliphatic imine (C=N–C) groups is 1. The summed E-state index contributed by atoms with van der Waals surface area (Å²) in [4.78, 5) is 23.3. The Kier molecular flexibility index (Phi) is 4.55. The molecule has 1 aliphatic carbocycles. The summed E-state index contributed by atoms with van der Waals surface area (Å²) in [7, 11) is 0. The van der Waals surface area contributed by atoms with Crippen LogP contribution in [-0.2, 0) is 16.1 Å². The van der Waals surface area contributed by atoms with Crippen molar-refractivity contribution in [3.05, 3.63) is 0 Å². The van der Waals surface area contributed by atoms with Crippen LogP contribution in [0.2, 0.25) is 0 Å². The van der Waals surface area contributed by atoms with E-state index in [1.54, 1.807) is 0 Å². The van der Waals surface area contributed by atoms with Crippen LogP contribution in [0.5, 0.6) is 0 Å². The number of carbonyl (C=O) groups excluding carboxylic acids is 1. The second-order valence-corrected chi connectivity index (χ2v) is 7.09. The number of aromatic nitrogens is 3. The highest BCUT2D eigenvalue weighted by atomic mass is 32.2. The summed E-state index contributed by atoms with van der Waals surface area (Å²) in [5.41, 5.74) is 1.14. The Balaban J connectivity index is 1.40. The number of nitrogens with zero attached hydrogens (tertiary/aromatic N) is 5. The first kappa shape index (κ1) is 16.0. The van der Waals surface area contributed by atoms with Gasteiger partial charge in [-0.15, -0.1) is 5.10 Å². The van der Waals surface area contributed by atoms with Gasteiger partial charge in [0.25, 0.3) is 0 Å². The van der Waals surface area contributed by atoms with Crippen molar-refractivity contribution in [2.24, 2.45) is 10.9 Å². The molecule has 1 saturated heterocycles. The molecular formula is C15H22N6O2S. The maximum atomic E-state index is 12.3. The number of hydrogen-bond acceptors (Lipinski definition) is 7. The van der Waals surface area contributed by atoms with E-state index < -0.39 is 0 Å². The van der Waals surface area contributed by atoms with E-state index in [9.17, 15) is 4.79 Å². The van der Waals surface area contributed by atoms with E-state index in [1.807, 2.05) is 15.8 Å². The van der Waals surface area contributed by atoms with E-state index in [2.05, 4.69) is 15.4 Å². The van der Waals surface area contributed by atoms with E-state index in [4.69, 9.17) is 9.73 Å². The summed E-state index contributed by atoms with van der Waals surface area (Å²) in [6.45, 7) is 3.86. The highest BCUT2D eigenvalue weighted by molar-refractivity contribution is 7.98. The average molecular weight is 350 g/mol. The Bertz CT molecular complexity index is 654. The summed E-state index contributed by atoms with van der Waals surface area (Å²) in [6.07, 6.45) is 4.06. The monoisotopic (exact) mass is 350 g/mol. The lowest BCUT2D eigenvalue weighted by molar-refractivity contribution is -0.134. The van der Waals surface area contributed by atoms with Crippen LogP contribution in [0.3, 0.4) is 0 Å². The summed E-state index contributed by atoms with van der Waals surface area (Å²) in [5, 5.41) is 8.63. The van der Waals surface area contributed by atoms with Gasteiger partial charge >= 0.3 is 0 Å². The van der Waals surface area contributed by atoms with Gasteiger partial charge in [-0.3, -0.25) is 4.79 Å². The zero-order valence-corrected chi connectivity index (χ0v) is 14.6. The minimum absolute atomic E-state index is 0.144. The van der Waals surface area contributed by atoms with Crippen molar-refractivity contribution in [3.63, 3.8) is 0 Å². The van der Waals surface area contributed by atoms with Crippen LogP contribution in [0.25, 0.3) is 0 Å². The van der Waals surface area contributed by atoms with E-state index >= 15 is 0 Å². The minimum Gasteiger partial charge on any atom is -0.378 e. The maximum Gasteiger partial charge on any atom is 0.248 e. The molecule has 1 aromatic rings. The van der Waals surface area contributed by atoms with Crippen molar-refractivity contribution in [2.75, 3.05) is 39.1 Å². The molecule has 2 unspecified atom stereocenters. The van der Waals surface area contributed by atoms with Crippen molar-refractivity contribution in [1.29, 1.82) is 0 Å². The first-order valence-electron chi connectivity index (χ1n) is 8.41. The molecule has 9 heteroatoms. The van der Waals surface area contributed by atoms with Crippen LogP contribution in [0.15, 0.2) is 10.1 Å². The quantitative estimate of drug-likeness (QED) is 0.787. The third-order valence-corrected chi connectivity index (χ3v) is 5.42. The van der Waals surface area contributed by atoms with Gasteiger partial charge in [-0.05, 0) is 19.1 Å². The lowest BCUT2D eigenvalue weighted by Crippen LogP contribution is -2.47. The lowest BCUT2D eigenvalue weighted by atomic mass is 10.0. The Labute approximate surface area is 145 Å². The standard InChI is InChI=1S/C15H22N6O2S/c1-24-15-18-14-17-13-10(9-21(14)19-15)2-3-11(13)16-8-12(22)20-4-6-23-7-5-20/h10-11,16H,2-9H2,1H3. The first-order valence-corrected chi connectivity index (χ1v) is 9.63. The fourth-order valence-corrected chi connectivity index (χ4v) is 3.93. The number of thioether (sulfide) groups is 1. The van der Waals surface area contributed by atoms with Gasteiger partial charge < -0.3 is 15.0 Å². The van der Waals surface area contributed by atoms with Gasteiger partial charge in [0.1, 0.15) is 0 Å². The van der Waals surface area contributed by atoms with Gasteiger partial charge in [0.2, 0.25) is 17.0 Å². The van der Waals surface area contributed by atoms with Gasteiger partial charge in [-0.1, -0.05) is 11.8 Å². The topological polar surface area (TPSA) is 84.6 Å². The Morgan fingerprint density at radius 3 is 3.00 bits per heavy atom. The van der Waals surface area contributed by atoms with Gasteiger partial charge in [0.05, 0.1) is 26.3 Å². The molecule has 1 aromatic heterocycles. The molecule has 8 nitrogen and oxygen atoms in total. The molecule has 0 aromatic carbocycles. The molecule has 0 spiro atoms. The van der Waals surface area contributed by atoms with Crippen molar-refractivity contribution in [2.45, 2.75) is 30.6 Å². The van der Waals surface area contributed by atoms with Gasteiger partial charge in [0, 0.05) is 30.8 Å². The van der Waals surface area contributed by atoms with E-state index in [0.717, 1.165) is 30.3 Å². The van der Waals surface area contributed by atoms with Crippen molar-refractivity contribution < 1.29 is 9.53 Å². The molecule has 0 radical (unpaired) electrons.